The highest BCUT2D eigenvalue weighted by molar-refractivity contribution is 9.10. The Labute approximate surface area is 184 Å². The summed E-state index contributed by atoms with van der Waals surface area (Å²) >= 11 is 3.50. The van der Waals surface area contributed by atoms with E-state index in [9.17, 15) is 4.79 Å². The smallest absolute Gasteiger partial charge is 0.273 e. The highest BCUT2D eigenvalue weighted by Crippen LogP contribution is 2.43. The van der Waals surface area contributed by atoms with Gasteiger partial charge in [-0.1, -0.05) is 28.1 Å². The van der Waals surface area contributed by atoms with Crippen molar-refractivity contribution in [1.29, 1.82) is 0 Å². The van der Waals surface area contributed by atoms with Gasteiger partial charge in [-0.05, 0) is 55.3 Å². The van der Waals surface area contributed by atoms with Crippen molar-refractivity contribution in [3.8, 4) is 17.0 Å². The molecule has 1 atom stereocenters. The first-order chi connectivity index (χ1) is 14.6. The van der Waals surface area contributed by atoms with E-state index < -0.39 is 0 Å². The van der Waals surface area contributed by atoms with Crippen LogP contribution in [-0.2, 0) is 4.74 Å². The Morgan fingerprint density at radius 2 is 1.87 bits per heavy atom. The maximum atomic E-state index is 13.2. The number of amides is 1. The maximum absolute atomic E-state index is 13.2. The van der Waals surface area contributed by atoms with Gasteiger partial charge in [0.15, 0.2) is 0 Å². The van der Waals surface area contributed by atoms with Crippen LogP contribution in [0.25, 0.3) is 11.3 Å². The molecule has 0 fully saturated rings. The lowest BCUT2D eigenvalue weighted by Crippen LogP contribution is -2.31. The Hall–Kier alpha value is -2.64. The van der Waals surface area contributed by atoms with E-state index in [1.54, 1.807) is 7.11 Å². The number of nitrogens with one attached hydrogen (secondary N) is 1. The average Bonchev–Trinajstić information content (AvgIpc) is 3.29. The van der Waals surface area contributed by atoms with E-state index in [0.717, 1.165) is 39.0 Å². The lowest BCUT2D eigenvalue weighted by atomic mass is 9.96. The number of halogens is 1. The third kappa shape index (κ3) is 3.87. The zero-order chi connectivity index (χ0) is 21.1. The van der Waals surface area contributed by atoms with E-state index in [4.69, 9.17) is 9.47 Å². The lowest BCUT2D eigenvalue weighted by molar-refractivity contribution is 0.0723. The zero-order valence-electron chi connectivity index (χ0n) is 17.0. The second kappa shape index (κ2) is 9.02. The maximum Gasteiger partial charge on any atom is 0.273 e. The van der Waals surface area contributed by atoms with Crippen molar-refractivity contribution in [2.24, 2.45) is 0 Å². The second-order valence-electron chi connectivity index (χ2n) is 7.12. The summed E-state index contributed by atoms with van der Waals surface area (Å²) in [5.74, 6) is 0.786. The zero-order valence-corrected chi connectivity index (χ0v) is 18.6. The summed E-state index contributed by atoms with van der Waals surface area (Å²) in [6, 6.07) is 15.7. The van der Waals surface area contributed by atoms with E-state index >= 15 is 0 Å². The van der Waals surface area contributed by atoms with Crippen molar-refractivity contribution in [3.05, 3.63) is 69.8 Å². The number of ether oxygens (including phenoxy) is 2. The molecule has 1 aliphatic rings. The summed E-state index contributed by atoms with van der Waals surface area (Å²) in [7, 11) is 1.68. The molecule has 0 aliphatic carbocycles. The van der Waals surface area contributed by atoms with Gasteiger partial charge in [-0.25, -0.2) is 0 Å². The summed E-state index contributed by atoms with van der Waals surface area (Å²) in [6.45, 7) is 3.79. The molecular formula is C23H24BrN3O3. The number of nitrogens with zero attached hydrogens (tertiary/aromatic N) is 2. The van der Waals surface area contributed by atoms with Crippen LogP contribution in [0.5, 0.6) is 5.75 Å². The van der Waals surface area contributed by atoms with Crippen LogP contribution in [0.3, 0.4) is 0 Å². The van der Waals surface area contributed by atoms with Gasteiger partial charge in [-0.3, -0.25) is 9.89 Å². The Balaban J connectivity index is 1.76. The molecule has 7 heteroatoms. The molecule has 156 valence electrons. The molecule has 0 saturated heterocycles. The number of rotatable bonds is 8. The summed E-state index contributed by atoms with van der Waals surface area (Å²) < 4.78 is 11.8. The molecule has 1 unspecified atom stereocenters. The predicted molar refractivity (Wildman–Crippen MR) is 119 cm³/mol. The first kappa shape index (κ1) is 20.6. The van der Waals surface area contributed by atoms with E-state index in [1.807, 2.05) is 48.2 Å². The summed E-state index contributed by atoms with van der Waals surface area (Å²) in [6.07, 6.45) is 0.769. The van der Waals surface area contributed by atoms with Crippen LogP contribution < -0.4 is 4.74 Å². The fourth-order valence-electron chi connectivity index (χ4n) is 3.89. The highest BCUT2D eigenvalue weighted by Gasteiger charge is 2.41. The number of fused-ring (bicyclic) bond motifs is 1. The molecule has 0 bridgehead atoms. The third-order valence-electron chi connectivity index (χ3n) is 5.24. The number of aromatic amines is 1. The summed E-state index contributed by atoms with van der Waals surface area (Å²) in [4.78, 5) is 15.1. The van der Waals surface area contributed by atoms with Crippen molar-refractivity contribution in [3.63, 3.8) is 0 Å². The Morgan fingerprint density at radius 1 is 1.13 bits per heavy atom. The van der Waals surface area contributed by atoms with Crippen molar-refractivity contribution in [2.45, 2.75) is 19.4 Å². The molecule has 2 heterocycles. The second-order valence-corrected chi connectivity index (χ2v) is 8.03. The molecule has 30 heavy (non-hydrogen) atoms. The van der Waals surface area contributed by atoms with Crippen LogP contribution in [-0.4, -0.2) is 47.9 Å². The number of benzene rings is 2. The van der Waals surface area contributed by atoms with Crippen molar-refractivity contribution in [2.75, 3.05) is 26.9 Å². The number of hydrogen-bond acceptors (Lipinski definition) is 4. The van der Waals surface area contributed by atoms with E-state index in [1.165, 1.54) is 0 Å². The molecule has 2 aromatic carbocycles. The number of H-pyrrole nitrogens is 1. The minimum Gasteiger partial charge on any atom is -0.494 e. The highest BCUT2D eigenvalue weighted by atomic mass is 79.9. The summed E-state index contributed by atoms with van der Waals surface area (Å²) in [5.41, 5.74) is 4.28. The molecule has 0 spiro atoms. The van der Waals surface area contributed by atoms with Gasteiger partial charge in [-0.15, -0.1) is 0 Å². The van der Waals surface area contributed by atoms with Crippen LogP contribution in [0.15, 0.2) is 53.0 Å². The van der Waals surface area contributed by atoms with Gasteiger partial charge in [0.2, 0.25) is 0 Å². The quantitative estimate of drug-likeness (QED) is 0.480. The van der Waals surface area contributed by atoms with Gasteiger partial charge >= 0.3 is 0 Å². The molecule has 1 amide bonds. The van der Waals surface area contributed by atoms with Crippen LogP contribution in [0.1, 0.15) is 41.0 Å². The molecule has 1 N–H and O–H groups in total. The molecule has 1 aliphatic heterocycles. The number of carbonyl (C=O) groups is 1. The van der Waals surface area contributed by atoms with Crippen LogP contribution >= 0.6 is 15.9 Å². The largest absolute Gasteiger partial charge is 0.494 e. The topological polar surface area (TPSA) is 67.4 Å². The standard InChI is InChI=1S/C23H24BrN3O3/c1-3-30-18-11-7-15(8-12-18)20-19-21(26-25-20)23(28)27(13-4-14-29-2)22(19)16-5-9-17(24)10-6-16/h5-12,22H,3-4,13-14H2,1-2H3,(H,25,26). The number of methoxy groups -OCH3 is 1. The van der Waals surface area contributed by atoms with Gasteiger partial charge < -0.3 is 14.4 Å². The van der Waals surface area contributed by atoms with Gasteiger partial charge in [0.25, 0.3) is 5.91 Å². The normalized spacial score (nSPS) is 15.5. The molecule has 3 aromatic rings. The fourth-order valence-corrected chi connectivity index (χ4v) is 4.16. The van der Waals surface area contributed by atoms with Gasteiger partial charge in [-0.2, -0.15) is 5.10 Å². The van der Waals surface area contributed by atoms with E-state index in [2.05, 4.69) is 38.3 Å². The van der Waals surface area contributed by atoms with E-state index in [0.29, 0.717) is 25.5 Å². The Kier molecular flexibility index (Phi) is 6.20. The first-order valence-electron chi connectivity index (χ1n) is 10.0. The summed E-state index contributed by atoms with van der Waals surface area (Å²) in [5, 5.41) is 7.50. The molecule has 1 aromatic heterocycles. The van der Waals surface area contributed by atoms with Crippen LogP contribution in [0.2, 0.25) is 0 Å². The molecule has 6 nitrogen and oxygen atoms in total. The third-order valence-corrected chi connectivity index (χ3v) is 5.76. The lowest BCUT2D eigenvalue weighted by Gasteiger charge is -2.26. The fraction of sp³-hybridized carbons (Fsp3) is 0.304. The molecule has 4 rings (SSSR count). The van der Waals surface area contributed by atoms with Crippen LogP contribution in [0, 0.1) is 0 Å². The molecule has 0 radical (unpaired) electrons. The van der Waals surface area contributed by atoms with Crippen LogP contribution in [0.4, 0.5) is 0 Å². The Morgan fingerprint density at radius 3 is 2.53 bits per heavy atom. The minimum absolute atomic E-state index is 0.0290. The minimum atomic E-state index is -0.197. The number of carbonyl (C=O) groups excluding carboxylic acids is 1. The molecule has 0 saturated carbocycles. The number of hydrogen-bond donors (Lipinski definition) is 1. The van der Waals surface area contributed by atoms with Gasteiger partial charge in [0.1, 0.15) is 11.4 Å². The monoisotopic (exact) mass is 469 g/mol. The number of aromatic nitrogens is 2. The van der Waals surface area contributed by atoms with Gasteiger partial charge in [0.05, 0.1) is 18.3 Å². The predicted octanol–water partition coefficient (Wildman–Crippen LogP) is 4.82. The van der Waals surface area contributed by atoms with Crippen molar-refractivity contribution < 1.29 is 14.3 Å². The first-order valence-corrected chi connectivity index (χ1v) is 10.8. The molecular weight excluding hydrogens is 446 g/mol. The SMILES string of the molecule is CCOc1ccc(-c2n[nH]c3c2C(c2ccc(Br)cc2)N(CCCOC)C3=O)cc1. The van der Waals surface area contributed by atoms with Crippen molar-refractivity contribution >= 4 is 21.8 Å². The van der Waals surface area contributed by atoms with Crippen molar-refractivity contribution in [1.82, 2.24) is 15.1 Å². The van der Waals surface area contributed by atoms with E-state index in [-0.39, 0.29) is 11.9 Å². The average molecular weight is 470 g/mol. The van der Waals surface area contributed by atoms with Gasteiger partial charge in [0, 0.05) is 35.9 Å². The Bertz CT molecular complexity index is 1020.